The molecule has 0 amide bonds. The van der Waals surface area contributed by atoms with Crippen LogP contribution in [-0.4, -0.2) is 74.2 Å². The van der Waals surface area contributed by atoms with Gasteiger partial charge in [-0.3, -0.25) is 4.99 Å². The predicted octanol–water partition coefficient (Wildman–Crippen LogP) is 1.51. The molecule has 2 N–H and O–H groups in total. The van der Waals surface area contributed by atoms with Gasteiger partial charge in [0.2, 0.25) is 0 Å². The second-order valence-corrected chi connectivity index (χ2v) is 6.76. The second kappa shape index (κ2) is 9.36. The van der Waals surface area contributed by atoms with E-state index in [0.717, 1.165) is 19.0 Å². The average molecular weight is 310 g/mol. The summed E-state index contributed by atoms with van der Waals surface area (Å²) in [5.41, 5.74) is 0. The lowest BCUT2D eigenvalue weighted by atomic mass is 10.1. The highest BCUT2D eigenvalue weighted by Gasteiger charge is 2.22. The van der Waals surface area contributed by atoms with Crippen LogP contribution < -0.4 is 10.6 Å². The lowest BCUT2D eigenvalue weighted by molar-refractivity contribution is 0.206. The fourth-order valence-corrected chi connectivity index (χ4v) is 3.54. The third-order valence-electron chi connectivity index (χ3n) is 4.94. The Morgan fingerprint density at radius 3 is 2.50 bits per heavy atom. The summed E-state index contributed by atoms with van der Waals surface area (Å²) in [5.74, 6) is 1.01. The summed E-state index contributed by atoms with van der Waals surface area (Å²) in [6, 6.07) is 1.20. The molecule has 22 heavy (non-hydrogen) atoms. The van der Waals surface area contributed by atoms with Gasteiger partial charge in [0.15, 0.2) is 5.96 Å². The standard InChI is InChI=1S/C17H35N5/c1-4-10-22-12-8-15(9-13-22)20-17(18-5-2)19-14-16-7-6-11-21(16)3/h15-16H,4-14H2,1-3H3,(H2,18,19,20). The monoisotopic (exact) mass is 309 g/mol. The van der Waals surface area contributed by atoms with E-state index in [-0.39, 0.29) is 0 Å². The Morgan fingerprint density at radius 2 is 1.91 bits per heavy atom. The zero-order chi connectivity index (χ0) is 15.8. The third kappa shape index (κ3) is 5.43. The Balaban J connectivity index is 1.78. The zero-order valence-electron chi connectivity index (χ0n) is 14.8. The highest BCUT2D eigenvalue weighted by molar-refractivity contribution is 5.80. The van der Waals surface area contributed by atoms with Crippen molar-refractivity contribution in [1.82, 2.24) is 20.4 Å². The Morgan fingerprint density at radius 1 is 1.14 bits per heavy atom. The van der Waals surface area contributed by atoms with Gasteiger partial charge in [-0.15, -0.1) is 0 Å². The molecule has 0 aromatic rings. The van der Waals surface area contributed by atoms with E-state index in [2.05, 4.69) is 41.3 Å². The average Bonchev–Trinajstić information content (AvgIpc) is 2.92. The molecule has 2 aliphatic heterocycles. The maximum absolute atomic E-state index is 4.83. The van der Waals surface area contributed by atoms with E-state index in [9.17, 15) is 0 Å². The smallest absolute Gasteiger partial charge is 0.191 e. The SMILES string of the molecule is CCCN1CCC(NC(=NCC2CCCN2C)NCC)CC1. The maximum atomic E-state index is 4.83. The van der Waals surface area contributed by atoms with Gasteiger partial charge in [-0.2, -0.15) is 0 Å². The molecule has 0 spiro atoms. The van der Waals surface area contributed by atoms with Crippen LogP contribution >= 0.6 is 0 Å². The number of nitrogens with one attached hydrogen (secondary N) is 2. The normalized spacial score (nSPS) is 25.6. The molecule has 2 rings (SSSR count). The van der Waals surface area contributed by atoms with Crippen LogP contribution in [0.1, 0.15) is 46.0 Å². The van der Waals surface area contributed by atoms with E-state index >= 15 is 0 Å². The maximum Gasteiger partial charge on any atom is 0.191 e. The number of rotatable bonds is 6. The Kier molecular flexibility index (Phi) is 7.46. The molecule has 0 aromatic heterocycles. The van der Waals surface area contributed by atoms with Crippen molar-refractivity contribution in [2.24, 2.45) is 4.99 Å². The Hall–Kier alpha value is -0.810. The van der Waals surface area contributed by atoms with Gasteiger partial charge in [0, 0.05) is 31.7 Å². The third-order valence-corrected chi connectivity index (χ3v) is 4.94. The van der Waals surface area contributed by atoms with Gasteiger partial charge in [-0.05, 0) is 59.2 Å². The van der Waals surface area contributed by atoms with Crippen LogP contribution in [0.4, 0.5) is 0 Å². The predicted molar refractivity (Wildman–Crippen MR) is 94.5 cm³/mol. The summed E-state index contributed by atoms with van der Waals surface area (Å²) < 4.78 is 0. The van der Waals surface area contributed by atoms with Crippen LogP contribution in [0.25, 0.3) is 0 Å². The van der Waals surface area contributed by atoms with Crippen LogP contribution in [-0.2, 0) is 0 Å². The van der Waals surface area contributed by atoms with Crippen molar-refractivity contribution >= 4 is 5.96 Å². The van der Waals surface area contributed by atoms with Crippen molar-refractivity contribution in [3.05, 3.63) is 0 Å². The largest absolute Gasteiger partial charge is 0.357 e. The molecule has 2 aliphatic rings. The lowest BCUT2D eigenvalue weighted by Crippen LogP contribution is -2.49. The number of aliphatic imine (C=N–C) groups is 1. The molecule has 0 bridgehead atoms. The highest BCUT2D eigenvalue weighted by atomic mass is 15.2. The molecule has 5 nitrogen and oxygen atoms in total. The van der Waals surface area contributed by atoms with Crippen molar-refractivity contribution < 1.29 is 0 Å². The second-order valence-electron chi connectivity index (χ2n) is 6.76. The summed E-state index contributed by atoms with van der Waals surface area (Å²) in [6.07, 6.45) is 6.32. The number of hydrogen-bond donors (Lipinski definition) is 2. The van der Waals surface area contributed by atoms with Crippen LogP contribution in [0.2, 0.25) is 0 Å². The fraction of sp³-hybridized carbons (Fsp3) is 0.941. The molecule has 0 aliphatic carbocycles. The topological polar surface area (TPSA) is 42.9 Å². The first-order valence-electron chi connectivity index (χ1n) is 9.20. The van der Waals surface area contributed by atoms with E-state index in [0.29, 0.717) is 12.1 Å². The molecule has 0 saturated carbocycles. The number of guanidine groups is 1. The van der Waals surface area contributed by atoms with E-state index < -0.39 is 0 Å². The first kappa shape index (κ1) is 17.5. The van der Waals surface area contributed by atoms with E-state index in [1.165, 1.54) is 58.3 Å². The fourth-order valence-electron chi connectivity index (χ4n) is 3.54. The van der Waals surface area contributed by atoms with Crippen LogP contribution in [0.15, 0.2) is 4.99 Å². The molecule has 1 unspecified atom stereocenters. The molecule has 2 fully saturated rings. The van der Waals surface area contributed by atoms with Crippen molar-refractivity contribution in [3.8, 4) is 0 Å². The number of likely N-dealkylation sites (N-methyl/N-ethyl adjacent to an activating group) is 1. The first-order valence-corrected chi connectivity index (χ1v) is 9.20. The highest BCUT2D eigenvalue weighted by Crippen LogP contribution is 2.15. The van der Waals surface area contributed by atoms with Gasteiger partial charge in [-0.1, -0.05) is 6.92 Å². The van der Waals surface area contributed by atoms with Gasteiger partial charge >= 0.3 is 0 Å². The number of likely N-dealkylation sites (tertiary alicyclic amines) is 2. The summed E-state index contributed by atoms with van der Waals surface area (Å²) in [4.78, 5) is 9.85. The van der Waals surface area contributed by atoms with Gasteiger partial charge < -0.3 is 20.4 Å². The Bertz CT molecular complexity index is 336. The van der Waals surface area contributed by atoms with E-state index in [4.69, 9.17) is 4.99 Å². The number of hydrogen-bond acceptors (Lipinski definition) is 3. The van der Waals surface area contributed by atoms with Crippen LogP contribution in [0.3, 0.4) is 0 Å². The molecule has 0 radical (unpaired) electrons. The minimum Gasteiger partial charge on any atom is -0.357 e. The van der Waals surface area contributed by atoms with Crippen LogP contribution in [0, 0.1) is 0 Å². The van der Waals surface area contributed by atoms with Gasteiger partial charge in [0.1, 0.15) is 0 Å². The van der Waals surface area contributed by atoms with Crippen LogP contribution in [0.5, 0.6) is 0 Å². The summed E-state index contributed by atoms with van der Waals surface area (Å²) in [7, 11) is 2.22. The lowest BCUT2D eigenvalue weighted by Gasteiger charge is -2.33. The molecule has 2 saturated heterocycles. The summed E-state index contributed by atoms with van der Waals surface area (Å²) in [5, 5.41) is 7.06. The molecule has 5 heteroatoms. The summed E-state index contributed by atoms with van der Waals surface area (Å²) >= 11 is 0. The van der Waals surface area contributed by atoms with Crippen molar-refractivity contribution in [1.29, 1.82) is 0 Å². The van der Waals surface area contributed by atoms with Gasteiger partial charge in [0.25, 0.3) is 0 Å². The first-order chi connectivity index (χ1) is 10.7. The minimum absolute atomic E-state index is 0.576. The van der Waals surface area contributed by atoms with E-state index in [1.807, 2.05) is 0 Å². The van der Waals surface area contributed by atoms with Crippen molar-refractivity contribution in [3.63, 3.8) is 0 Å². The summed E-state index contributed by atoms with van der Waals surface area (Å²) in [6.45, 7) is 11.2. The van der Waals surface area contributed by atoms with Gasteiger partial charge in [0.05, 0.1) is 6.54 Å². The van der Waals surface area contributed by atoms with E-state index in [1.54, 1.807) is 0 Å². The molecular weight excluding hydrogens is 274 g/mol. The molecular formula is C17H35N5. The van der Waals surface area contributed by atoms with Gasteiger partial charge in [-0.25, -0.2) is 0 Å². The quantitative estimate of drug-likeness (QED) is 0.576. The zero-order valence-corrected chi connectivity index (χ0v) is 14.8. The molecule has 0 aromatic carbocycles. The number of nitrogens with zero attached hydrogens (tertiary/aromatic N) is 3. The van der Waals surface area contributed by atoms with Crippen molar-refractivity contribution in [2.75, 3.05) is 46.3 Å². The molecule has 2 heterocycles. The Labute approximate surface area is 136 Å². The molecule has 128 valence electrons. The minimum atomic E-state index is 0.576. The van der Waals surface area contributed by atoms with Crippen molar-refractivity contribution in [2.45, 2.75) is 58.0 Å². The molecule has 1 atom stereocenters. The number of piperidine rings is 1.